The van der Waals surface area contributed by atoms with Crippen LogP contribution in [-0.4, -0.2) is 34.3 Å². The Morgan fingerprint density at radius 1 is 0.969 bits per heavy atom. The van der Waals surface area contributed by atoms with Crippen LogP contribution in [0.3, 0.4) is 0 Å². The van der Waals surface area contributed by atoms with E-state index >= 15 is 0 Å². The summed E-state index contributed by atoms with van der Waals surface area (Å²) in [6.07, 6.45) is 6.01. The number of nitrogens with zero attached hydrogens (tertiary/aromatic N) is 2. The molecule has 0 radical (unpaired) electrons. The van der Waals surface area contributed by atoms with Crippen molar-refractivity contribution in [2.45, 2.75) is 25.6 Å². The highest BCUT2D eigenvalue weighted by molar-refractivity contribution is 6.01. The molecule has 2 aromatic carbocycles. The van der Waals surface area contributed by atoms with Crippen LogP contribution in [0.4, 0.5) is 10.5 Å². The maximum atomic E-state index is 12.8. The average molecular weight is 425 g/mol. The first-order chi connectivity index (χ1) is 15.7. The molecule has 0 aliphatic carbocycles. The van der Waals surface area contributed by atoms with Crippen molar-refractivity contribution in [2.75, 3.05) is 11.9 Å². The molecular formula is C26H24N4O2. The van der Waals surface area contributed by atoms with Gasteiger partial charge in [0.15, 0.2) is 5.78 Å². The third kappa shape index (κ3) is 4.18. The van der Waals surface area contributed by atoms with E-state index in [1.807, 2.05) is 41.3 Å². The van der Waals surface area contributed by atoms with Crippen molar-refractivity contribution in [3.63, 3.8) is 0 Å². The first-order valence-electron chi connectivity index (χ1n) is 10.8. The third-order valence-corrected chi connectivity index (χ3v) is 6.03. The number of ketones is 1. The molecule has 3 aromatic rings. The van der Waals surface area contributed by atoms with Crippen LogP contribution in [0.15, 0.2) is 79.1 Å². The molecule has 0 saturated heterocycles. The number of urea groups is 1. The van der Waals surface area contributed by atoms with Gasteiger partial charge in [0, 0.05) is 43.3 Å². The van der Waals surface area contributed by atoms with Crippen LogP contribution in [-0.2, 0) is 13.1 Å². The summed E-state index contributed by atoms with van der Waals surface area (Å²) in [5.41, 5.74) is 5.96. The number of fused-ring (bicyclic) bond motifs is 1. The molecule has 2 amide bonds. The maximum absolute atomic E-state index is 12.8. The van der Waals surface area contributed by atoms with Gasteiger partial charge in [0.1, 0.15) is 0 Å². The number of anilines is 1. The maximum Gasteiger partial charge on any atom is 0.322 e. The zero-order chi connectivity index (χ0) is 21.9. The summed E-state index contributed by atoms with van der Waals surface area (Å²) < 4.78 is 0. The molecule has 0 spiro atoms. The average Bonchev–Trinajstić information content (AvgIpc) is 3.29. The van der Waals surface area contributed by atoms with E-state index in [1.165, 1.54) is 11.1 Å². The van der Waals surface area contributed by atoms with E-state index in [4.69, 9.17) is 0 Å². The molecule has 1 unspecified atom stereocenters. The number of pyridine rings is 1. The summed E-state index contributed by atoms with van der Waals surface area (Å²) in [7, 11) is 0. The van der Waals surface area contributed by atoms with E-state index in [9.17, 15) is 9.59 Å². The van der Waals surface area contributed by atoms with E-state index in [-0.39, 0.29) is 17.9 Å². The molecule has 2 aliphatic rings. The number of carbonyl (C=O) groups excluding carboxylic acids is 2. The van der Waals surface area contributed by atoms with Crippen LogP contribution in [0.5, 0.6) is 0 Å². The molecule has 1 aromatic heterocycles. The molecular weight excluding hydrogens is 400 g/mol. The quantitative estimate of drug-likeness (QED) is 0.614. The Bertz CT molecular complexity index is 1150. The number of rotatable bonds is 4. The first kappa shape index (κ1) is 20.2. The topological polar surface area (TPSA) is 74.3 Å². The van der Waals surface area contributed by atoms with Gasteiger partial charge < -0.3 is 15.5 Å². The second-order valence-corrected chi connectivity index (χ2v) is 8.13. The minimum absolute atomic E-state index is 0.0548. The predicted octanol–water partition coefficient (Wildman–Crippen LogP) is 4.26. The molecule has 6 nitrogen and oxygen atoms in total. The van der Waals surface area contributed by atoms with Crippen molar-refractivity contribution in [2.24, 2.45) is 0 Å². The van der Waals surface area contributed by atoms with E-state index < -0.39 is 0 Å². The van der Waals surface area contributed by atoms with Crippen molar-refractivity contribution >= 4 is 23.1 Å². The van der Waals surface area contributed by atoms with Crippen LogP contribution in [0, 0.1) is 0 Å². The molecule has 3 heterocycles. The van der Waals surface area contributed by atoms with Crippen LogP contribution < -0.4 is 10.6 Å². The first-order valence-corrected chi connectivity index (χ1v) is 10.8. The molecule has 2 aliphatic heterocycles. The van der Waals surface area contributed by atoms with Crippen molar-refractivity contribution in [3.8, 4) is 0 Å². The number of amides is 2. The highest BCUT2D eigenvalue weighted by Crippen LogP contribution is 2.26. The van der Waals surface area contributed by atoms with Crippen molar-refractivity contribution in [1.82, 2.24) is 15.2 Å². The number of hydrogen-bond donors (Lipinski definition) is 2. The van der Waals surface area contributed by atoms with E-state index in [0.29, 0.717) is 31.6 Å². The number of hydrogen-bond acceptors (Lipinski definition) is 4. The largest absolute Gasteiger partial charge is 0.322 e. The Morgan fingerprint density at radius 2 is 1.72 bits per heavy atom. The summed E-state index contributed by atoms with van der Waals surface area (Å²) >= 11 is 0. The van der Waals surface area contributed by atoms with E-state index in [0.717, 1.165) is 16.8 Å². The summed E-state index contributed by atoms with van der Waals surface area (Å²) in [6, 6.07) is 19.2. The van der Waals surface area contributed by atoms with Gasteiger partial charge in [0.25, 0.3) is 0 Å². The lowest BCUT2D eigenvalue weighted by molar-refractivity contribution is 0.0944. The minimum Gasteiger partial charge on any atom is -0.316 e. The van der Waals surface area contributed by atoms with Crippen molar-refractivity contribution < 1.29 is 9.59 Å². The van der Waals surface area contributed by atoms with E-state index in [2.05, 4.69) is 33.8 Å². The smallest absolute Gasteiger partial charge is 0.316 e. The molecule has 160 valence electrons. The minimum atomic E-state index is -0.268. The number of Topliss-reactive ketones (excluding diaryl/α,β-unsaturated/α-hetero) is 1. The van der Waals surface area contributed by atoms with Gasteiger partial charge in [0.2, 0.25) is 0 Å². The van der Waals surface area contributed by atoms with Crippen LogP contribution in [0.1, 0.15) is 33.5 Å². The van der Waals surface area contributed by atoms with E-state index in [1.54, 1.807) is 24.5 Å². The zero-order valence-corrected chi connectivity index (χ0v) is 17.6. The summed E-state index contributed by atoms with van der Waals surface area (Å²) in [4.78, 5) is 31.3. The van der Waals surface area contributed by atoms with Gasteiger partial charge in [-0.3, -0.25) is 9.78 Å². The predicted molar refractivity (Wildman–Crippen MR) is 124 cm³/mol. The summed E-state index contributed by atoms with van der Waals surface area (Å²) in [5, 5.41) is 6.27. The molecule has 0 fully saturated rings. The normalized spacial score (nSPS) is 17.4. The highest BCUT2D eigenvalue weighted by atomic mass is 16.2. The monoisotopic (exact) mass is 424 g/mol. The third-order valence-electron chi connectivity index (χ3n) is 6.03. The van der Waals surface area contributed by atoms with Crippen LogP contribution >= 0.6 is 0 Å². The van der Waals surface area contributed by atoms with Gasteiger partial charge in [-0.2, -0.15) is 0 Å². The fourth-order valence-electron chi connectivity index (χ4n) is 4.28. The van der Waals surface area contributed by atoms with Crippen molar-refractivity contribution in [1.29, 1.82) is 0 Å². The standard InChI is InChI=1S/C26H24N4O2/c31-25(20-6-3-12-27-15-20)24-14-19(11-13-28-24)18-7-9-23(10-8-18)29-26(32)30-16-21-4-1-2-5-22(21)17-30/h1-12,15,24,28H,13-14,16-17H2,(H,29,32). The lowest BCUT2D eigenvalue weighted by Gasteiger charge is -2.23. The van der Waals surface area contributed by atoms with Crippen molar-refractivity contribution in [3.05, 3.63) is 101 Å². The highest BCUT2D eigenvalue weighted by Gasteiger charge is 2.25. The molecule has 32 heavy (non-hydrogen) atoms. The molecule has 1 atom stereocenters. The SMILES string of the molecule is O=C(c1cccnc1)C1CC(c2ccc(NC(=O)N3Cc4ccccc4C3)cc2)=CCN1. The van der Waals surface area contributed by atoms with Gasteiger partial charge >= 0.3 is 6.03 Å². The fraction of sp³-hybridized carbons (Fsp3) is 0.192. The van der Waals surface area contributed by atoms with Gasteiger partial charge in [-0.25, -0.2) is 4.79 Å². The molecule has 6 heteroatoms. The lowest BCUT2D eigenvalue weighted by atomic mass is 9.91. The zero-order valence-electron chi connectivity index (χ0n) is 17.6. The fourth-order valence-corrected chi connectivity index (χ4v) is 4.28. The molecule has 0 bridgehead atoms. The second kappa shape index (κ2) is 8.77. The molecule has 2 N–H and O–H groups in total. The Kier molecular flexibility index (Phi) is 5.52. The Hall–Kier alpha value is -3.77. The number of benzene rings is 2. The molecule has 0 saturated carbocycles. The number of aromatic nitrogens is 1. The van der Waals surface area contributed by atoms with Gasteiger partial charge in [-0.05, 0) is 52.9 Å². The summed E-state index contributed by atoms with van der Waals surface area (Å²) in [6.45, 7) is 1.90. The Labute approximate surface area is 187 Å². The second-order valence-electron chi connectivity index (χ2n) is 8.13. The lowest BCUT2D eigenvalue weighted by Crippen LogP contribution is -2.39. The number of carbonyl (C=O) groups is 2. The Balaban J connectivity index is 1.22. The van der Waals surface area contributed by atoms with Crippen LogP contribution in [0.2, 0.25) is 0 Å². The van der Waals surface area contributed by atoms with Crippen LogP contribution in [0.25, 0.3) is 5.57 Å². The summed E-state index contributed by atoms with van der Waals surface area (Å²) in [5.74, 6) is 0.0548. The number of nitrogens with one attached hydrogen (secondary N) is 2. The van der Waals surface area contributed by atoms with Gasteiger partial charge in [-0.1, -0.05) is 42.5 Å². The Morgan fingerprint density at radius 3 is 2.41 bits per heavy atom. The molecule has 5 rings (SSSR count). The van der Waals surface area contributed by atoms with Gasteiger partial charge in [-0.15, -0.1) is 0 Å². The van der Waals surface area contributed by atoms with Gasteiger partial charge in [0.05, 0.1) is 6.04 Å².